The van der Waals surface area contributed by atoms with Gasteiger partial charge in [0.05, 0.1) is 49.6 Å². The first kappa shape index (κ1) is 26.6. The van der Waals surface area contributed by atoms with Gasteiger partial charge in [0.25, 0.3) is 5.91 Å². The lowest BCUT2D eigenvalue weighted by Crippen LogP contribution is -2.33. The summed E-state index contributed by atoms with van der Waals surface area (Å²) in [6.07, 6.45) is -13.7. The summed E-state index contributed by atoms with van der Waals surface area (Å²) in [5.74, 6) is -4.49. The maximum absolute atomic E-state index is 11.9. The van der Waals surface area contributed by atoms with Crippen LogP contribution >= 0.6 is 0 Å². The number of anilines is 2. The molecule has 66 heavy (non-hydrogen) atoms. The Labute approximate surface area is 422 Å². The van der Waals surface area contributed by atoms with E-state index in [4.69, 9.17) is 38.0 Å². The number of hydrogen-bond acceptors (Lipinski definition) is 12. The van der Waals surface area contributed by atoms with E-state index in [1.165, 1.54) is 4.72 Å². The molecule has 0 aliphatic rings. The predicted octanol–water partition coefficient (Wildman–Crippen LogP) is 8.80. The van der Waals surface area contributed by atoms with Crippen molar-refractivity contribution in [2.24, 2.45) is 0 Å². The van der Waals surface area contributed by atoms with Crippen molar-refractivity contribution in [3.05, 3.63) is 134 Å². The molecule has 0 aliphatic heterocycles. The van der Waals surface area contributed by atoms with Gasteiger partial charge in [-0.2, -0.15) is 0 Å². The number of aliphatic carboxylic acids is 1. The molecule has 348 valence electrons. The minimum atomic E-state index is -4.12. The van der Waals surface area contributed by atoms with Gasteiger partial charge >= 0.3 is 5.97 Å². The Morgan fingerprint density at radius 1 is 0.636 bits per heavy atom. The fraction of sp³-hybridized carbons (Fsp3) is 0.333. The van der Waals surface area contributed by atoms with E-state index < -0.39 is 124 Å². The van der Waals surface area contributed by atoms with E-state index in [1.54, 1.807) is 121 Å². The minimum Gasteiger partial charge on any atom is -0.480 e. The number of amides is 1. The summed E-state index contributed by atoms with van der Waals surface area (Å²) < 4.78 is 234. The molecule has 6 rings (SSSR count). The number of carbonyl (C=O) groups is 2. The standard InChI is InChI=1S/C26H32N4O4S.C25H29N3O3/c1-20(2)30(16-10-11-17-34-19-24(31)29-35(3,32)33)23-18-27-25(21-12-6-4-7-13-21)26(28-23)22-14-8-5-9-15-22;1-19(2)28(15-9-10-16-31-18-23(29)30)22-17-26-24(20-11-5-3-6-12-20)25(27-22)21-13-7-4-8-14-21/h4-9,12-15,18,20H,10-11,16-17,19H2,1-3H3,(H,29,31);3-8,11-14,17,19H,9-10,15-16,18H2,1-2H3,(H,29,30)/i1D3,10D2,11D2,16D2,17D2,20D;1D3,9D2,10D2,15D2,16D2,19D. The number of ether oxygens (including phenoxy) is 2. The van der Waals surface area contributed by atoms with Crippen molar-refractivity contribution in [2.75, 3.05) is 55.4 Å². The molecule has 2 N–H and O–H groups in total. The average molecular weight is 940 g/mol. The van der Waals surface area contributed by atoms with Crippen LogP contribution < -0.4 is 14.5 Å². The first-order valence-electron chi connectivity index (χ1n) is 31.4. The number of nitrogens with zero attached hydrogens (tertiary/aromatic N) is 6. The van der Waals surface area contributed by atoms with Gasteiger partial charge in [-0.25, -0.2) is 23.2 Å². The molecule has 2 heterocycles. The summed E-state index contributed by atoms with van der Waals surface area (Å²) in [6.45, 7) is -23.4. The van der Waals surface area contributed by atoms with Crippen LogP contribution in [0.5, 0.6) is 0 Å². The van der Waals surface area contributed by atoms with Crippen molar-refractivity contribution < 1.29 is 65.5 Å². The number of hydrogen-bond donors (Lipinski definition) is 2. The molecule has 4 aromatic carbocycles. The molecule has 0 saturated carbocycles. The fourth-order valence-corrected chi connectivity index (χ4v) is 6.01. The third-order valence-electron chi connectivity index (χ3n) is 8.24. The minimum absolute atomic E-state index is 0.0749. The van der Waals surface area contributed by atoms with E-state index in [0.29, 0.717) is 28.5 Å². The average Bonchev–Trinajstić information content (AvgIpc) is 0.725. The first-order chi connectivity index (χ1) is 40.9. The molecule has 0 saturated heterocycles. The summed E-state index contributed by atoms with van der Waals surface area (Å²) in [4.78, 5) is 40.7. The molecule has 2 atom stereocenters. The quantitative estimate of drug-likeness (QED) is 0.0624. The third-order valence-corrected chi connectivity index (χ3v) is 8.84. The van der Waals surface area contributed by atoms with Crippen molar-refractivity contribution in [1.82, 2.24) is 24.7 Å². The summed E-state index contributed by atoms with van der Waals surface area (Å²) in [7, 11) is -4.12. The lowest BCUT2D eigenvalue weighted by Gasteiger charge is -2.28. The van der Waals surface area contributed by atoms with Gasteiger partial charge in [-0.15, -0.1) is 0 Å². The normalized spacial score (nSPS) is 20.5. The van der Waals surface area contributed by atoms with E-state index in [9.17, 15) is 18.0 Å². The lowest BCUT2D eigenvalue weighted by atomic mass is 10.0. The zero-order valence-corrected chi connectivity index (χ0v) is 36.4. The number of benzene rings is 4. The molecule has 0 spiro atoms. The van der Waals surface area contributed by atoms with Crippen LogP contribution in [0.25, 0.3) is 45.0 Å². The van der Waals surface area contributed by atoms with E-state index in [2.05, 4.69) is 29.4 Å². The van der Waals surface area contributed by atoms with Gasteiger partial charge in [0.2, 0.25) is 10.0 Å². The molecule has 1 amide bonds. The second-order valence-electron chi connectivity index (χ2n) is 13.4. The Morgan fingerprint density at radius 2 is 1.00 bits per heavy atom. The maximum atomic E-state index is 11.9. The van der Waals surface area contributed by atoms with Crippen molar-refractivity contribution in [1.29, 1.82) is 0 Å². The summed E-state index contributed by atoms with van der Waals surface area (Å²) in [5.41, 5.74) is 2.75. The van der Waals surface area contributed by atoms with E-state index >= 15 is 0 Å². The summed E-state index contributed by atoms with van der Waals surface area (Å²) in [5, 5.41) is 8.87. The number of carboxylic acids is 1. The molecule has 15 heteroatoms. The van der Waals surface area contributed by atoms with Gasteiger partial charge in [0.1, 0.15) is 24.8 Å². The Morgan fingerprint density at radius 3 is 1.35 bits per heavy atom. The number of sulfonamides is 1. The molecule has 6 aromatic rings. The van der Waals surface area contributed by atoms with Crippen LogP contribution in [0.1, 0.15) is 85.9 Å². The van der Waals surface area contributed by atoms with Crippen LogP contribution in [-0.2, 0) is 29.1 Å². The highest BCUT2D eigenvalue weighted by Crippen LogP contribution is 2.32. The number of aromatic nitrogens is 4. The highest BCUT2D eigenvalue weighted by atomic mass is 32.2. The van der Waals surface area contributed by atoms with Gasteiger partial charge in [-0.05, 0) is 53.0 Å². The van der Waals surface area contributed by atoms with Gasteiger partial charge in [-0.3, -0.25) is 19.5 Å². The molecular weight excluding hydrogens is 855 g/mol. The Balaban J connectivity index is 0.000000329. The van der Waals surface area contributed by atoms with Gasteiger partial charge in [0.15, 0.2) is 0 Å². The number of carboxylic acid groups (broad SMARTS) is 1. The van der Waals surface area contributed by atoms with Crippen molar-refractivity contribution in [3.63, 3.8) is 0 Å². The van der Waals surface area contributed by atoms with Crippen molar-refractivity contribution >= 4 is 33.5 Å². The van der Waals surface area contributed by atoms with Crippen molar-refractivity contribution in [2.45, 2.75) is 65.1 Å². The summed E-state index contributed by atoms with van der Waals surface area (Å²) >= 11 is 0. The monoisotopic (exact) mass is 940 g/mol. The molecular formula is C51H61N7O7S. The van der Waals surface area contributed by atoms with Crippen LogP contribution in [0.3, 0.4) is 0 Å². The van der Waals surface area contributed by atoms with Gasteiger partial charge in [0, 0.05) is 85.1 Å². The smallest absolute Gasteiger partial charge is 0.329 e. The molecule has 14 nitrogen and oxygen atoms in total. The fourth-order valence-electron chi connectivity index (χ4n) is 5.54. The van der Waals surface area contributed by atoms with Gasteiger partial charge < -0.3 is 24.4 Å². The largest absolute Gasteiger partial charge is 0.480 e. The SMILES string of the molecule is [2H]C([2H])([2H])C([2H])(C)N(c1cnc(-c2ccccc2)c(-c2ccccc2)n1)C([2H])([2H])C([2H])([2H])C([2H])([2H])C([2H])([2H])OCC(=O)NS(C)(=O)=O.[2H]C([2H])([2H])C([2H])(C)N(c1cnc(-c2ccccc2)c(-c2ccccc2)n1)C([2H])([2H])C([2H])([2H])C([2H])([2H])C([2H])([2H])OCC(=O)O. The lowest BCUT2D eigenvalue weighted by molar-refractivity contribution is -0.142. The third kappa shape index (κ3) is 16.2. The molecule has 0 aliphatic carbocycles. The van der Waals surface area contributed by atoms with E-state index in [0.717, 1.165) is 26.2 Å². The molecule has 0 radical (unpaired) electrons. The highest BCUT2D eigenvalue weighted by Gasteiger charge is 2.19. The zero-order chi connectivity index (χ0) is 68.5. The van der Waals surface area contributed by atoms with Crippen molar-refractivity contribution in [3.8, 4) is 45.0 Å². The Hall–Kier alpha value is -6.55. The topological polar surface area (TPSA) is 177 Å². The molecule has 2 unspecified atom stereocenters. The maximum Gasteiger partial charge on any atom is 0.329 e. The molecule has 2 aromatic heterocycles. The molecule has 0 fully saturated rings. The molecule has 0 bridgehead atoms. The Bertz CT molecular complexity index is 3600. The summed E-state index contributed by atoms with van der Waals surface area (Å²) in [6, 6.07) is 27.8. The van der Waals surface area contributed by atoms with E-state index in [1.807, 2.05) is 0 Å². The van der Waals surface area contributed by atoms with Crippen LogP contribution in [0.4, 0.5) is 11.6 Å². The van der Waals surface area contributed by atoms with Crippen LogP contribution in [0.15, 0.2) is 134 Å². The zero-order valence-electron chi connectivity index (χ0n) is 59.6. The van der Waals surface area contributed by atoms with E-state index in [-0.39, 0.29) is 32.6 Å². The second kappa shape index (κ2) is 25.8. The second-order valence-corrected chi connectivity index (χ2v) is 15.1. The van der Waals surface area contributed by atoms with Crippen LogP contribution in [-0.4, -0.2) is 103 Å². The van der Waals surface area contributed by atoms with Crippen LogP contribution in [0, 0.1) is 0 Å². The predicted molar refractivity (Wildman–Crippen MR) is 262 cm³/mol. The van der Waals surface area contributed by atoms with Crippen LogP contribution in [0.2, 0.25) is 0 Å². The number of rotatable bonds is 23. The Kier molecular flexibility index (Phi) is 10.4. The highest BCUT2D eigenvalue weighted by molar-refractivity contribution is 7.89. The van der Waals surface area contributed by atoms with Gasteiger partial charge in [-0.1, -0.05) is 121 Å². The number of nitrogens with one attached hydrogen (secondary N) is 1. The first-order valence-corrected chi connectivity index (χ1v) is 21.3. The number of carbonyl (C=O) groups excluding carboxylic acids is 1.